The van der Waals surface area contributed by atoms with Gasteiger partial charge in [-0.15, -0.1) is 0 Å². The molecule has 3 atom stereocenters. The van der Waals surface area contributed by atoms with Crippen molar-refractivity contribution in [3.05, 3.63) is 30.1 Å². The van der Waals surface area contributed by atoms with E-state index >= 15 is 0 Å². The zero-order chi connectivity index (χ0) is 22.3. The number of carbonyl (C=O) groups excluding carboxylic acids is 2. The Kier molecular flexibility index (Phi) is 8.16. The number of nitrogens with one attached hydrogen (secondary N) is 1. The van der Waals surface area contributed by atoms with E-state index in [1.54, 1.807) is 24.5 Å². The molecule has 2 saturated heterocycles. The lowest BCUT2D eigenvalue weighted by molar-refractivity contribution is -0.192. The third-order valence-corrected chi connectivity index (χ3v) is 4.97. The number of carboxylic acids is 1. The van der Waals surface area contributed by atoms with Crippen molar-refractivity contribution in [1.29, 1.82) is 0 Å². The minimum Gasteiger partial charge on any atom is -0.475 e. The number of nitrogens with zero attached hydrogens (tertiary/aromatic N) is 2. The summed E-state index contributed by atoms with van der Waals surface area (Å²) in [5.41, 5.74) is 0.613. The second-order valence-corrected chi connectivity index (χ2v) is 7.09. The summed E-state index contributed by atoms with van der Waals surface area (Å²) < 4.78 is 37.6. The molecule has 2 fully saturated rings. The molecule has 166 valence electrons. The first-order valence-electron chi connectivity index (χ1n) is 9.51. The van der Waals surface area contributed by atoms with Crippen molar-refractivity contribution in [2.45, 2.75) is 32.0 Å². The summed E-state index contributed by atoms with van der Waals surface area (Å²) in [6.07, 6.45) is -0.270. The fraction of sp³-hybridized carbons (Fsp3) is 0.579. The second kappa shape index (κ2) is 10.4. The molecular formula is C19H24F3N3O5. The van der Waals surface area contributed by atoms with Crippen LogP contribution in [-0.2, 0) is 14.3 Å². The SMILES string of the molecule is CCCC(=O)N1C[C@@H]2[C@@H](CNC(=O)c3ccncc3)CO[C@@H]2C1.O=C(O)C(F)(F)F. The summed E-state index contributed by atoms with van der Waals surface area (Å²) in [4.78, 5) is 38.9. The topological polar surface area (TPSA) is 109 Å². The van der Waals surface area contributed by atoms with Gasteiger partial charge in [0.15, 0.2) is 0 Å². The Balaban J connectivity index is 0.000000396. The minimum absolute atomic E-state index is 0.0900. The third-order valence-electron chi connectivity index (χ3n) is 4.97. The lowest BCUT2D eigenvalue weighted by atomic mass is 9.93. The molecule has 11 heteroatoms. The molecule has 0 spiro atoms. The van der Waals surface area contributed by atoms with Crippen LogP contribution in [0.15, 0.2) is 24.5 Å². The van der Waals surface area contributed by atoms with E-state index in [9.17, 15) is 22.8 Å². The number of pyridine rings is 1. The van der Waals surface area contributed by atoms with E-state index in [0.29, 0.717) is 37.6 Å². The third kappa shape index (κ3) is 6.41. The maximum absolute atomic E-state index is 12.1. The molecule has 1 aromatic heterocycles. The highest BCUT2D eigenvalue weighted by atomic mass is 19.4. The molecule has 3 heterocycles. The number of halogens is 3. The average molecular weight is 431 g/mol. The number of hydrogen-bond donors (Lipinski definition) is 2. The number of aliphatic carboxylic acids is 1. The van der Waals surface area contributed by atoms with Gasteiger partial charge in [-0.2, -0.15) is 13.2 Å². The van der Waals surface area contributed by atoms with Crippen LogP contribution in [0, 0.1) is 11.8 Å². The first kappa shape index (κ1) is 23.6. The Labute approximate surface area is 171 Å². The van der Waals surface area contributed by atoms with Gasteiger partial charge in [-0.3, -0.25) is 14.6 Å². The normalized spacial score (nSPS) is 22.7. The molecule has 8 nitrogen and oxygen atoms in total. The van der Waals surface area contributed by atoms with Gasteiger partial charge in [0.2, 0.25) is 5.91 Å². The van der Waals surface area contributed by atoms with Gasteiger partial charge in [0, 0.05) is 55.8 Å². The Morgan fingerprint density at radius 1 is 1.27 bits per heavy atom. The van der Waals surface area contributed by atoms with E-state index in [1.807, 2.05) is 11.8 Å². The van der Waals surface area contributed by atoms with Crippen molar-refractivity contribution < 1.29 is 37.4 Å². The van der Waals surface area contributed by atoms with Crippen LogP contribution >= 0.6 is 0 Å². The predicted octanol–water partition coefficient (Wildman–Crippen LogP) is 1.72. The molecule has 0 radical (unpaired) electrons. The molecule has 1 aromatic rings. The standard InChI is InChI=1S/C17H23N3O3.C2HF3O2/c1-2-3-16(21)20-9-14-13(11-23-15(14)10-20)8-19-17(22)12-4-6-18-7-5-12;3-2(4,5)1(6)7/h4-7,13-15H,2-3,8-11H2,1H3,(H,19,22);(H,6,7)/t13-,14+,15+;/m0./s1. The molecule has 2 amide bonds. The van der Waals surface area contributed by atoms with Crippen molar-refractivity contribution in [2.24, 2.45) is 11.8 Å². The van der Waals surface area contributed by atoms with E-state index in [4.69, 9.17) is 14.6 Å². The maximum atomic E-state index is 12.1. The highest BCUT2D eigenvalue weighted by Gasteiger charge is 2.44. The number of amides is 2. The first-order valence-corrected chi connectivity index (χ1v) is 9.51. The molecule has 0 saturated carbocycles. The average Bonchev–Trinajstić information content (AvgIpc) is 3.28. The van der Waals surface area contributed by atoms with Crippen molar-refractivity contribution in [3.63, 3.8) is 0 Å². The van der Waals surface area contributed by atoms with Gasteiger partial charge in [-0.25, -0.2) is 4.79 Å². The maximum Gasteiger partial charge on any atom is 0.490 e. The largest absolute Gasteiger partial charge is 0.490 e. The van der Waals surface area contributed by atoms with Gasteiger partial charge in [0.05, 0.1) is 12.7 Å². The number of rotatable bonds is 5. The fourth-order valence-corrected chi connectivity index (χ4v) is 3.41. The molecule has 0 unspecified atom stereocenters. The molecule has 2 N–H and O–H groups in total. The summed E-state index contributed by atoms with van der Waals surface area (Å²) in [7, 11) is 0. The zero-order valence-corrected chi connectivity index (χ0v) is 16.4. The molecule has 3 rings (SSSR count). The van der Waals surface area contributed by atoms with Crippen molar-refractivity contribution >= 4 is 17.8 Å². The molecule has 2 aliphatic heterocycles. The molecule has 0 aliphatic carbocycles. The van der Waals surface area contributed by atoms with Gasteiger partial charge < -0.3 is 20.1 Å². The smallest absolute Gasteiger partial charge is 0.475 e. The van der Waals surface area contributed by atoms with Crippen LogP contribution in [0.2, 0.25) is 0 Å². The number of likely N-dealkylation sites (tertiary alicyclic amines) is 1. The van der Waals surface area contributed by atoms with Crippen molar-refractivity contribution in [1.82, 2.24) is 15.2 Å². The van der Waals surface area contributed by atoms with Gasteiger partial charge in [-0.05, 0) is 18.6 Å². The quantitative estimate of drug-likeness (QED) is 0.735. The monoisotopic (exact) mass is 431 g/mol. The fourth-order valence-electron chi connectivity index (χ4n) is 3.41. The zero-order valence-electron chi connectivity index (χ0n) is 16.4. The van der Waals surface area contributed by atoms with Crippen LogP contribution in [-0.4, -0.2) is 71.3 Å². The molecule has 0 bridgehead atoms. The molecule has 30 heavy (non-hydrogen) atoms. The summed E-state index contributed by atoms with van der Waals surface area (Å²) in [6.45, 7) is 4.69. The summed E-state index contributed by atoms with van der Waals surface area (Å²) in [5, 5.41) is 10.1. The highest BCUT2D eigenvalue weighted by molar-refractivity contribution is 5.93. The number of carbonyl (C=O) groups is 3. The van der Waals surface area contributed by atoms with Crippen LogP contribution in [0.5, 0.6) is 0 Å². The van der Waals surface area contributed by atoms with E-state index < -0.39 is 12.1 Å². The number of fused-ring (bicyclic) bond motifs is 1. The number of hydrogen-bond acceptors (Lipinski definition) is 5. The number of carboxylic acid groups (broad SMARTS) is 1. The summed E-state index contributed by atoms with van der Waals surface area (Å²) in [6, 6.07) is 3.40. The minimum atomic E-state index is -5.08. The van der Waals surface area contributed by atoms with E-state index in [2.05, 4.69) is 10.3 Å². The van der Waals surface area contributed by atoms with Gasteiger partial charge in [-0.1, -0.05) is 6.92 Å². The molecule has 2 aliphatic rings. The number of alkyl halides is 3. The Morgan fingerprint density at radius 3 is 2.47 bits per heavy atom. The molecule has 0 aromatic carbocycles. The highest BCUT2D eigenvalue weighted by Crippen LogP contribution is 2.33. The van der Waals surface area contributed by atoms with E-state index in [1.165, 1.54) is 0 Å². The van der Waals surface area contributed by atoms with Crippen LogP contribution in [0.3, 0.4) is 0 Å². The van der Waals surface area contributed by atoms with Crippen molar-refractivity contribution in [2.75, 3.05) is 26.2 Å². The Hall–Kier alpha value is -2.69. The summed E-state index contributed by atoms with van der Waals surface area (Å²) >= 11 is 0. The van der Waals surface area contributed by atoms with Crippen LogP contribution in [0.25, 0.3) is 0 Å². The Bertz CT molecular complexity index is 745. The number of ether oxygens (including phenoxy) is 1. The Morgan fingerprint density at radius 2 is 1.90 bits per heavy atom. The van der Waals surface area contributed by atoms with Gasteiger partial charge >= 0.3 is 12.1 Å². The van der Waals surface area contributed by atoms with Crippen molar-refractivity contribution in [3.8, 4) is 0 Å². The van der Waals surface area contributed by atoms with Gasteiger partial charge in [0.1, 0.15) is 0 Å². The van der Waals surface area contributed by atoms with E-state index in [0.717, 1.165) is 13.0 Å². The van der Waals surface area contributed by atoms with Crippen LogP contribution in [0.1, 0.15) is 30.1 Å². The van der Waals surface area contributed by atoms with Crippen LogP contribution < -0.4 is 5.32 Å². The summed E-state index contributed by atoms with van der Waals surface area (Å²) in [5.74, 6) is -2.04. The lowest BCUT2D eigenvalue weighted by Gasteiger charge is -2.20. The van der Waals surface area contributed by atoms with E-state index in [-0.39, 0.29) is 23.8 Å². The molecular weight excluding hydrogens is 407 g/mol. The lowest BCUT2D eigenvalue weighted by Crippen LogP contribution is -2.35. The van der Waals surface area contributed by atoms with Gasteiger partial charge in [0.25, 0.3) is 5.91 Å². The predicted molar refractivity (Wildman–Crippen MR) is 98.5 cm³/mol. The number of aromatic nitrogens is 1. The first-order chi connectivity index (χ1) is 14.1. The second-order valence-electron chi connectivity index (χ2n) is 7.09. The van der Waals surface area contributed by atoms with Crippen LogP contribution in [0.4, 0.5) is 13.2 Å².